The Kier molecular flexibility index (Phi) is 6.97. The molecule has 0 saturated carbocycles. The SMILES string of the molecule is CC(C)(O)C1CCN(CC(O)COc2cc(C3=CCOCC3)c3ccccc3c2)CC1. The molecule has 168 valence electrons. The predicted octanol–water partition coefficient (Wildman–Crippen LogP) is 3.87. The van der Waals surface area contributed by atoms with Crippen LogP contribution in [0, 0.1) is 5.92 Å². The van der Waals surface area contributed by atoms with Crippen LogP contribution in [0.15, 0.2) is 42.5 Å². The van der Waals surface area contributed by atoms with Gasteiger partial charge in [0.15, 0.2) is 0 Å². The van der Waals surface area contributed by atoms with Gasteiger partial charge in [-0.05, 0) is 86.2 Å². The maximum atomic E-state index is 10.6. The van der Waals surface area contributed by atoms with E-state index in [1.807, 2.05) is 19.9 Å². The third-order valence-corrected chi connectivity index (χ3v) is 6.64. The molecule has 1 atom stereocenters. The number of rotatable bonds is 7. The van der Waals surface area contributed by atoms with Gasteiger partial charge in [0, 0.05) is 6.54 Å². The normalized spacial score (nSPS) is 19.9. The first kappa shape index (κ1) is 22.3. The van der Waals surface area contributed by atoms with Gasteiger partial charge in [-0.1, -0.05) is 30.3 Å². The molecule has 1 unspecified atom stereocenters. The van der Waals surface area contributed by atoms with Crippen LogP contribution in [0.4, 0.5) is 0 Å². The van der Waals surface area contributed by atoms with Crippen LogP contribution in [-0.4, -0.2) is 66.3 Å². The zero-order valence-corrected chi connectivity index (χ0v) is 18.7. The van der Waals surface area contributed by atoms with Gasteiger partial charge in [-0.15, -0.1) is 0 Å². The van der Waals surface area contributed by atoms with E-state index in [0.717, 1.165) is 50.1 Å². The fraction of sp³-hybridized carbons (Fsp3) is 0.538. The van der Waals surface area contributed by atoms with Crippen molar-refractivity contribution in [3.63, 3.8) is 0 Å². The van der Waals surface area contributed by atoms with E-state index in [2.05, 4.69) is 41.3 Å². The summed E-state index contributed by atoms with van der Waals surface area (Å²) in [6.45, 7) is 7.86. The summed E-state index contributed by atoms with van der Waals surface area (Å²) in [5, 5.41) is 23.2. The van der Waals surface area contributed by atoms with Gasteiger partial charge >= 0.3 is 0 Å². The second kappa shape index (κ2) is 9.70. The molecule has 31 heavy (non-hydrogen) atoms. The summed E-state index contributed by atoms with van der Waals surface area (Å²) < 4.78 is 11.5. The molecule has 1 fully saturated rings. The molecule has 0 spiro atoms. The van der Waals surface area contributed by atoms with Crippen LogP contribution >= 0.6 is 0 Å². The van der Waals surface area contributed by atoms with E-state index >= 15 is 0 Å². The molecule has 0 amide bonds. The number of ether oxygens (including phenoxy) is 2. The van der Waals surface area contributed by atoms with E-state index in [0.29, 0.717) is 19.1 Å². The minimum atomic E-state index is -0.624. The Hall–Kier alpha value is -1.92. The average molecular weight is 426 g/mol. The monoisotopic (exact) mass is 425 g/mol. The summed E-state index contributed by atoms with van der Waals surface area (Å²) in [5.74, 6) is 1.12. The van der Waals surface area contributed by atoms with Crippen molar-refractivity contribution >= 4 is 16.3 Å². The lowest BCUT2D eigenvalue weighted by Gasteiger charge is -2.38. The zero-order valence-electron chi connectivity index (χ0n) is 18.7. The number of fused-ring (bicyclic) bond motifs is 1. The molecule has 0 radical (unpaired) electrons. The first-order valence-corrected chi connectivity index (χ1v) is 11.5. The number of likely N-dealkylation sites (tertiary alicyclic amines) is 1. The van der Waals surface area contributed by atoms with E-state index in [1.54, 1.807) is 0 Å². The molecule has 2 aliphatic rings. The van der Waals surface area contributed by atoms with Crippen molar-refractivity contribution in [3.8, 4) is 5.75 Å². The molecule has 5 nitrogen and oxygen atoms in total. The van der Waals surface area contributed by atoms with Gasteiger partial charge < -0.3 is 24.6 Å². The Morgan fingerprint density at radius 2 is 1.97 bits per heavy atom. The second-order valence-electron chi connectivity index (χ2n) is 9.44. The van der Waals surface area contributed by atoms with E-state index in [4.69, 9.17) is 9.47 Å². The van der Waals surface area contributed by atoms with Crippen molar-refractivity contribution < 1.29 is 19.7 Å². The van der Waals surface area contributed by atoms with Crippen LogP contribution in [0.3, 0.4) is 0 Å². The third-order valence-electron chi connectivity index (χ3n) is 6.64. The number of aliphatic hydroxyl groups excluding tert-OH is 1. The van der Waals surface area contributed by atoms with E-state index < -0.39 is 11.7 Å². The van der Waals surface area contributed by atoms with Gasteiger partial charge in [0.2, 0.25) is 0 Å². The first-order chi connectivity index (χ1) is 14.9. The van der Waals surface area contributed by atoms with Crippen molar-refractivity contribution in [1.82, 2.24) is 4.90 Å². The standard InChI is InChI=1S/C26H35NO4/c1-26(2,29)21-7-11-27(12-8-21)17-22(28)18-31-23-15-20-5-3-4-6-24(20)25(16-23)19-9-13-30-14-10-19/h3-6,9,15-16,21-22,28-29H,7-8,10-14,17-18H2,1-2H3. The Balaban J connectivity index is 1.38. The highest BCUT2D eigenvalue weighted by atomic mass is 16.5. The summed E-state index contributed by atoms with van der Waals surface area (Å²) in [7, 11) is 0. The van der Waals surface area contributed by atoms with Crippen LogP contribution in [-0.2, 0) is 4.74 Å². The highest BCUT2D eigenvalue weighted by Crippen LogP contribution is 2.33. The van der Waals surface area contributed by atoms with Gasteiger partial charge in [0.1, 0.15) is 18.5 Å². The molecule has 5 heteroatoms. The highest BCUT2D eigenvalue weighted by molar-refractivity contribution is 5.95. The lowest BCUT2D eigenvalue weighted by Crippen LogP contribution is -2.45. The predicted molar refractivity (Wildman–Crippen MR) is 124 cm³/mol. The number of β-amino-alcohol motifs (C(OH)–C–C–N with tert-alkyl or cyclic N) is 1. The van der Waals surface area contributed by atoms with Crippen molar-refractivity contribution in [1.29, 1.82) is 0 Å². The molecule has 2 aromatic carbocycles. The largest absolute Gasteiger partial charge is 0.491 e. The molecule has 0 aliphatic carbocycles. The minimum absolute atomic E-state index is 0.269. The minimum Gasteiger partial charge on any atom is -0.491 e. The van der Waals surface area contributed by atoms with Gasteiger partial charge in [-0.25, -0.2) is 0 Å². The van der Waals surface area contributed by atoms with E-state index in [9.17, 15) is 10.2 Å². The molecule has 4 rings (SSSR count). The van der Waals surface area contributed by atoms with Gasteiger partial charge in [0.05, 0.1) is 18.8 Å². The molecule has 2 N–H and O–H groups in total. The number of piperidine rings is 1. The molecule has 2 heterocycles. The number of nitrogens with zero attached hydrogens (tertiary/aromatic N) is 1. The van der Waals surface area contributed by atoms with Gasteiger partial charge in [-0.3, -0.25) is 0 Å². The van der Waals surface area contributed by atoms with Crippen LogP contribution in [0.5, 0.6) is 5.75 Å². The summed E-state index contributed by atoms with van der Waals surface area (Å²) >= 11 is 0. The lowest BCUT2D eigenvalue weighted by molar-refractivity contribution is -0.0206. The summed E-state index contributed by atoms with van der Waals surface area (Å²) in [6.07, 6.45) is 4.43. The van der Waals surface area contributed by atoms with E-state index in [1.165, 1.54) is 16.5 Å². The maximum absolute atomic E-state index is 10.6. The Morgan fingerprint density at radius 3 is 2.68 bits per heavy atom. The van der Waals surface area contributed by atoms with Gasteiger partial charge in [0.25, 0.3) is 0 Å². The Morgan fingerprint density at radius 1 is 1.19 bits per heavy atom. The van der Waals surface area contributed by atoms with Gasteiger partial charge in [-0.2, -0.15) is 0 Å². The van der Waals surface area contributed by atoms with Crippen LogP contribution in [0.2, 0.25) is 0 Å². The van der Waals surface area contributed by atoms with Crippen molar-refractivity contribution in [2.45, 2.75) is 44.8 Å². The zero-order chi connectivity index (χ0) is 21.8. The van der Waals surface area contributed by atoms with E-state index in [-0.39, 0.29) is 6.61 Å². The average Bonchev–Trinajstić information content (AvgIpc) is 2.77. The van der Waals surface area contributed by atoms with Crippen molar-refractivity contribution in [2.75, 3.05) is 39.5 Å². The summed E-state index contributed by atoms with van der Waals surface area (Å²) in [4.78, 5) is 2.27. The molecular formula is C26H35NO4. The molecule has 0 bridgehead atoms. The fourth-order valence-electron chi connectivity index (χ4n) is 4.77. The number of benzene rings is 2. The lowest BCUT2D eigenvalue weighted by atomic mass is 9.83. The smallest absolute Gasteiger partial charge is 0.120 e. The quantitative estimate of drug-likeness (QED) is 0.705. The first-order valence-electron chi connectivity index (χ1n) is 11.5. The molecular weight excluding hydrogens is 390 g/mol. The van der Waals surface area contributed by atoms with Crippen LogP contribution in [0.1, 0.15) is 38.7 Å². The number of aliphatic hydroxyl groups is 2. The Bertz CT molecular complexity index is 909. The van der Waals surface area contributed by atoms with Crippen molar-refractivity contribution in [2.24, 2.45) is 5.92 Å². The maximum Gasteiger partial charge on any atom is 0.120 e. The Labute approximate surface area is 185 Å². The van der Waals surface area contributed by atoms with Crippen molar-refractivity contribution in [3.05, 3.63) is 48.0 Å². The van der Waals surface area contributed by atoms with Crippen LogP contribution in [0.25, 0.3) is 16.3 Å². The topological polar surface area (TPSA) is 62.2 Å². The molecule has 1 saturated heterocycles. The third kappa shape index (κ3) is 5.66. The van der Waals surface area contributed by atoms with Crippen LogP contribution < -0.4 is 4.74 Å². The molecule has 2 aromatic rings. The summed E-state index contributed by atoms with van der Waals surface area (Å²) in [5.41, 5.74) is 1.87. The number of hydrogen-bond donors (Lipinski definition) is 2. The number of hydrogen-bond acceptors (Lipinski definition) is 5. The fourth-order valence-corrected chi connectivity index (χ4v) is 4.77. The highest BCUT2D eigenvalue weighted by Gasteiger charge is 2.31. The molecule has 2 aliphatic heterocycles. The second-order valence-corrected chi connectivity index (χ2v) is 9.44. The molecule has 0 aromatic heterocycles. The summed E-state index contributed by atoms with van der Waals surface area (Å²) in [6, 6.07) is 12.5.